The van der Waals surface area contributed by atoms with Gasteiger partial charge in [0.15, 0.2) is 0 Å². The van der Waals surface area contributed by atoms with E-state index < -0.39 is 0 Å². The number of halogens is 2. The van der Waals surface area contributed by atoms with Crippen molar-refractivity contribution in [3.05, 3.63) is 0 Å². The molecular weight excluding hydrogens is 145 g/mol. The predicted molar refractivity (Wildman–Crippen MR) is 36.2 cm³/mol. The van der Waals surface area contributed by atoms with Gasteiger partial charge >= 0.3 is 0 Å². The lowest BCUT2D eigenvalue weighted by atomic mass is 10.2. The molecule has 1 heterocycles. The van der Waals surface area contributed by atoms with Crippen LogP contribution in [0.5, 0.6) is 0 Å². The van der Waals surface area contributed by atoms with E-state index in [1.165, 1.54) is 0 Å². The Kier molecular flexibility index (Phi) is 2.02. The van der Waals surface area contributed by atoms with E-state index in [1.54, 1.807) is 0 Å². The molecule has 1 aliphatic heterocycles. The van der Waals surface area contributed by atoms with Gasteiger partial charge in [-0.1, -0.05) is 6.92 Å². The van der Waals surface area contributed by atoms with Crippen molar-refractivity contribution in [2.24, 2.45) is 5.92 Å². The first-order valence-electron chi connectivity index (χ1n) is 2.74. The van der Waals surface area contributed by atoms with Crippen molar-refractivity contribution in [1.82, 2.24) is 5.32 Å². The number of hydrogen-bond donors (Lipinski definition) is 1. The minimum atomic E-state index is 0.0810. The zero-order valence-corrected chi connectivity index (χ0v) is 6.21. The molecule has 1 N–H and O–H groups in total. The van der Waals surface area contributed by atoms with Gasteiger partial charge in [-0.05, 0) is 12.3 Å². The van der Waals surface area contributed by atoms with Crippen LogP contribution in [-0.4, -0.2) is 11.0 Å². The van der Waals surface area contributed by atoms with Gasteiger partial charge in [0.25, 0.3) is 0 Å². The van der Waals surface area contributed by atoms with Gasteiger partial charge in [0.2, 0.25) is 0 Å². The minimum Gasteiger partial charge on any atom is -0.285 e. The molecule has 48 valence electrons. The minimum absolute atomic E-state index is 0.0810. The van der Waals surface area contributed by atoms with Crippen LogP contribution in [0, 0.1) is 5.92 Å². The fourth-order valence-corrected chi connectivity index (χ4v) is 1.59. The van der Waals surface area contributed by atoms with Crippen LogP contribution in [0.25, 0.3) is 0 Å². The summed E-state index contributed by atoms with van der Waals surface area (Å²) in [6, 6.07) is 0. The van der Waals surface area contributed by atoms with Crippen LogP contribution in [0.15, 0.2) is 0 Å². The zero-order chi connectivity index (χ0) is 6.15. The van der Waals surface area contributed by atoms with Gasteiger partial charge in [-0.25, -0.2) is 0 Å². The molecule has 0 aromatic rings. The van der Waals surface area contributed by atoms with E-state index in [2.05, 4.69) is 12.2 Å². The lowest BCUT2D eigenvalue weighted by Crippen LogP contribution is -2.22. The number of hydrogen-bond acceptors (Lipinski definition) is 1. The smallest absolute Gasteiger partial charge is 0.0863 e. The molecule has 3 atom stereocenters. The number of rotatable bonds is 0. The van der Waals surface area contributed by atoms with Crippen molar-refractivity contribution < 1.29 is 0 Å². The van der Waals surface area contributed by atoms with Crippen LogP contribution in [0.3, 0.4) is 0 Å². The van der Waals surface area contributed by atoms with Gasteiger partial charge < -0.3 is 0 Å². The molecule has 1 saturated heterocycles. The molecule has 0 saturated carbocycles. The van der Waals surface area contributed by atoms with Gasteiger partial charge in [0, 0.05) is 0 Å². The third-order valence-corrected chi connectivity index (χ3v) is 2.28. The molecule has 0 bridgehead atoms. The third kappa shape index (κ3) is 1.28. The highest BCUT2D eigenvalue weighted by molar-refractivity contribution is 6.24. The molecule has 3 unspecified atom stereocenters. The van der Waals surface area contributed by atoms with E-state index in [0.29, 0.717) is 5.92 Å². The average molecular weight is 154 g/mol. The van der Waals surface area contributed by atoms with Gasteiger partial charge in [0.05, 0.1) is 11.0 Å². The maximum Gasteiger partial charge on any atom is 0.0863 e. The first-order chi connectivity index (χ1) is 3.70. The first-order valence-corrected chi connectivity index (χ1v) is 3.61. The summed E-state index contributed by atoms with van der Waals surface area (Å²) < 4.78 is 0. The molecule has 8 heavy (non-hydrogen) atoms. The SMILES string of the molecule is CC1CC(Cl)NC1Cl. The molecule has 1 aliphatic rings. The molecule has 0 radical (unpaired) electrons. The second-order valence-corrected chi connectivity index (χ2v) is 3.25. The van der Waals surface area contributed by atoms with Crippen molar-refractivity contribution in [3.8, 4) is 0 Å². The monoisotopic (exact) mass is 153 g/mol. The Morgan fingerprint density at radius 2 is 2.12 bits per heavy atom. The molecular formula is C5H9Cl2N. The van der Waals surface area contributed by atoms with Gasteiger partial charge in [0.1, 0.15) is 0 Å². The summed E-state index contributed by atoms with van der Waals surface area (Å²) in [5.74, 6) is 0.513. The van der Waals surface area contributed by atoms with Crippen LogP contribution in [-0.2, 0) is 0 Å². The first kappa shape index (κ1) is 6.66. The number of nitrogens with one attached hydrogen (secondary N) is 1. The summed E-state index contributed by atoms with van der Waals surface area (Å²) in [5, 5.41) is 3.00. The molecule has 1 fully saturated rings. The Morgan fingerprint density at radius 1 is 1.50 bits per heavy atom. The zero-order valence-electron chi connectivity index (χ0n) is 4.70. The average Bonchev–Trinajstić information content (AvgIpc) is 1.85. The number of alkyl halides is 2. The van der Waals surface area contributed by atoms with Crippen molar-refractivity contribution in [3.63, 3.8) is 0 Å². The van der Waals surface area contributed by atoms with E-state index in [0.717, 1.165) is 6.42 Å². The Labute approximate surface area is 59.3 Å². The maximum atomic E-state index is 5.76. The lowest BCUT2D eigenvalue weighted by Gasteiger charge is -2.02. The summed E-state index contributed by atoms with van der Waals surface area (Å²) in [4.78, 5) is 0. The van der Waals surface area contributed by atoms with Gasteiger partial charge in [-0.15, -0.1) is 23.2 Å². The molecule has 3 heteroatoms. The highest BCUT2D eigenvalue weighted by atomic mass is 35.5. The van der Waals surface area contributed by atoms with Crippen LogP contribution in [0.2, 0.25) is 0 Å². The largest absolute Gasteiger partial charge is 0.285 e. The van der Waals surface area contributed by atoms with E-state index in [-0.39, 0.29) is 11.0 Å². The molecule has 0 aromatic heterocycles. The highest BCUT2D eigenvalue weighted by Gasteiger charge is 2.26. The predicted octanol–water partition coefficient (Wildman–Crippen LogP) is 1.75. The van der Waals surface area contributed by atoms with Crippen LogP contribution < -0.4 is 5.32 Å². The molecule has 0 aliphatic carbocycles. The van der Waals surface area contributed by atoms with Crippen molar-refractivity contribution >= 4 is 23.2 Å². The van der Waals surface area contributed by atoms with Crippen LogP contribution >= 0.6 is 23.2 Å². The summed E-state index contributed by atoms with van der Waals surface area (Å²) in [5.41, 5.74) is 0.171. The van der Waals surface area contributed by atoms with Gasteiger partial charge in [-0.2, -0.15) is 0 Å². The summed E-state index contributed by atoms with van der Waals surface area (Å²) >= 11 is 11.5. The quantitative estimate of drug-likeness (QED) is 0.414. The third-order valence-electron chi connectivity index (χ3n) is 1.42. The van der Waals surface area contributed by atoms with E-state index in [1.807, 2.05) is 0 Å². The fraction of sp³-hybridized carbons (Fsp3) is 1.00. The van der Waals surface area contributed by atoms with E-state index >= 15 is 0 Å². The normalized spacial score (nSPS) is 47.6. The second-order valence-electron chi connectivity index (χ2n) is 2.25. The molecule has 0 aromatic carbocycles. The van der Waals surface area contributed by atoms with Crippen LogP contribution in [0.4, 0.5) is 0 Å². The Morgan fingerprint density at radius 3 is 2.25 bits per heavy atom. The Hall–Kier alpha value is 0.540. The lowest BCUT2D eigenvalue weighted by molar-refractivity contribution is 0.606. The van der Waals surface area contributed by atoms with Crippen LogP contribution in [0.1, 0.15) is 13.3 Å². The highest BCUT2D eigenvalue weighted by Crippen LogP contribution is 2.23. The Balaban J connectivity index is 2.39. The second kappa shape index (κ2) is 2.42. The topological polar surface area (TPSA) is 12.0 Å². The summed E-state index contributed by atoms with van der Waals surface area (Å²) in [7, 11) is 0. The summed E-state index contributed by atoms with van der Waals surface area (Å²) in [6.07, 6.45) is 0.982. The van der Waals surface area contributed by atoms with E-state index in [4.69, 9.17) is 23.2 Å². The fourth-order valence-electron chi connectivity index (χ4n) is 0.851. The molecule has 1 rings (SSSR count). The van der Waals surface area contributed by atoms with Crippen molar-refractivity contribution in [2.45, 2.75) is 24.3 Å². The van der Waals surface area contributed by atoms with E-state index in [9.17, 15) is 0 Å². The standard InChI is InChI=1S/C5H9Cl2N/c1-3-2-4(6)8-5(3)7/h3-5,8H,2H2,1H3. The van der Waals surface area contributed by atoms with Gasteiger partial charge in [-0.3, -0.25) is 5.32 Å². The molecule has 0 spiro atoms. The van der Waals surface area contributed by atoms with Crippen molar-refractivity contribution in [1.29, 1.82) is 0 Å². The Bertz CT molecular complexity index is 76.5. The molecule has 0 amide bonds. The molecule has 1 nitrogen and oxygen atoms in total. The summed E-state index contributed by atoms with van der Waals surface area (Å²) in [6.45, 7) is 2.09. The maximum absolute atomic E-state index is 5.76. The van der Waals surface area contributed by atoms with Crippen molar-refractivity contribution in [2.75, 3.05) is 0 Å².